The Morgan fingerprint density at radius 3 is 2.68 bits per heavy atom. The topological polar surface area (TPSA) is 98.8 Å². The predicted molar refractivity (Wildman–Crippen MR) is 68.6 cm³/mol. The number of rotatable bonds is 5. The summed E-state index contributed by atoms with van der Waals surface area (Å²) in [7, 11) is 1.87. The summed E-state index contributed by atoms with van der Waals surface area (Å²) in [6.07, 6.45) is 5.13. The van der Waals surface area contributed by atoms with E-state index < -0.39 is 4.92 Å². The molecule has 0 aliphatic heterocycles. The Morgan fingerprint density at radius 1 is 1.42 bits per heavy atom. The summed E-state index contributed by atoms with van der Waals surface area (Å²) in [4.78, 5) is 17.7. The zero-order valence-corrected chi connectivity index (χ0v) is 10.7. The fourth-order valence-electron chi connectivity index (χ4n) is 1.71. The summed E-state index contributed by atoms with van der Waals surface area (Å²) in [5.41, 5.74) is 1.95. The maximum Gasteiger partial charge on any atom is 0.305 e. The summed E-state index contributed by atoms with van der Waals surface area (Å²) in [5, 5.41) is 17.8. The van der Waals surface area contributed by atoms with Gasteiger partial charge in [-0.05, 0) is 6.42 Å². The number of hydrogen-bond donors (Lipinski definition) is 1. The second-order valence-corrected chi connectivity index (χ2v) is 4.00. The molecule has 2 aromatic heterocycles. The smallest absolute Gasteiger partial charge is 0.305 e. The first-order chi connectivity index (χ1) is 9.10. The molecule has 19 heavy (non-hydrogen) atoms. The van der Waals surface area contributed by atoms with E-state index in [2.05, 4.69) is 20.4 Å². The van der Waals surface area contributed by atoms with Crippen molar-refractivity contribution in [3.63, 3.8) is 0 Å². The molecule has 100 valence electrons. The summed E-state index contributed by atoms with van der Waals surface area (Å²) < 4.78 is 1.76. The van der Waals surface area contributed by atoms with E-state index in [1.54, 1.807) is 4.68 Å². The molecule has 0 atom stereocenters. The maximum absolute atomic E-state index is 10.5. The van der Waals surface area contributed by atoms with Crippen LogP contribution < -0.4 is 5.32 Å². The van der Waals surface area contributed by atoms with Crippen LogP contribution in [0.2, 0.25) is 0 Å². The SMILES string of the molecule is CCc1nn(C)cc1CNc1ncc([N+](=O)[O-])cn1. The molecule has 2 aromatic rings. The monoisotopic (exact) mass is 262 g/mol. The Bertz CT molecular complexity index is 577. The zero-order valence-electron chi connectivity index (χ0n) is 10.7. The molecule has 0 unspecified atom stereocenters. The number of aryl methyl sites for hydroxylation is 2. The standard InChI is InChI=1S/C11H14N6O2/c1-3-10-8(7-16(2)15-10)4-12-11-13-5-9(6-14-11)17(18)19/h5-7H,3-4H2,1-2H3,(H,12,13,14). The molecule has 0 aliphatic carbocycles. The minimum atomic E-state index is -0.528. The first kappa shape index (κ1) is 12.9. The molecule has 2 heterocycles. The summed E-state index contributed by atoms with van der Waals surface area (Å²) in [6, 6.07) is 0. The van der Waals surface area contributed by atoms with Crippen molar-refractivity contribution in [1.29, 1.82) is 0 Å². The Morgan fingerprint density at radius 2 is 2.11 bits per heavy atom. The van der Waals surface area contributed by atoms with E-state index in [1.165, 1.54) is 12.4 Å². The van der Waals surface area contributed by atoms with E-state index in [0.29, 0.717) is 12.5 Å². The van der Waals surface area contributed by atoms with Gasteiger partial charge in [0.15, 0.2) is 0 Å². The van der Waals surface area contributed by atoms with E-state index in [9.17, 15) is 10.1 Å². The van der Waals surface area contributed by atoms with Crippen LogP contribution in [0.25, 0.3) is 0 Å². The highest BCUT2D eigenvalue weighted by Crippen LogP contribution is 2.11. The van der Waals surface area contributed by atoms with E-state index >= 15 is 0 Å². The van der Waals surface area contributed by atoms with Gasteiger partial charge in [0.2, 0.25) is 5.95 Å². The van der Waals surface area contributed by atoms with E-state index in [0.717, 1.165) is 17.7 Å². The highest BCUT2D eigenvalue weighted by molar-refractivity contribution is 5.32. The van der Waals surface area contributed by atoms with E-state index in [-0.39, 0.29) is 5.69 Å². The number of aromatic nitrogens is 4. The van der Waals surface area contributed by atoms with E-state index in [1.807, 2.05) is 20.2 Å². The van der Waals surface area contributed by atoms with Gasteiger partial charge in [0.25, 0.3) is 0 Å². The number of hydrogen-bond acceptors (Lipinski definition) is 6. The van der Waals surface area contributed by atoms with Gasteiger partial charge in [-0.1, -0.05) is 6.92 Å². The predicted octanol–water partition coefficient (Wildman–Crippen LogP) is 1.29. The molecule has 0 aromatic carbocycles. The van der Waals surface area contributed by atoms with Crippen molar-refractivity contribution in [1.82, 2.24) is 19.7 Å². The van der Waals surface area contributed by atoms with Crippen molar-refractivity contribution in [3.8, 4) is 0 Å². The zero-order chi connectivity index (χ0) is 13.8. The number of nitro groups is 1. The highest BCUT2D eigenvalue weighted by Gasteiger charge is 2.08. The van der Waals surface area contributed by atoms with Gasteiger partial charge in [-0.15, -0.1) is 0 Å². The van der Waals surface area contributed by atoms with Crippen LogP contribution in [0.15, 0.2) is 18.6 Å². The first-order valence-electron chi connectivity index (χ1n) is 5.82. The highest BCUT2D eigenvalue weighted by atomic mass is 16.6. The van der Waals surface area contributed by atoms with Gasteiger partial charge in [-0.2, -0.15) is 5.10 Å². The summed E-state index contributed by atoms with van der Waals surface area (Å²) in [6.45, 7) is 2.57. The minimum absolute atomic E-state index is 0.124. The van der Waals surface area contributed by atoms with Crippen molar-refractivity contribution in [2.75, 3.05) is 5.32 Å². The molecule has 0 saturated heterocycles. The molecule has 0 bridgehead atoms. The molecule has 0 spiro atoms. The molecule has 0 amide bonds. The quantitative estimate of drug-likeness (QED) is 0.644. The average Bonchev–Trinajstić information content (AvgIpc) is 2.77. The second-order valence-electron chi connectivity index (χ2n) is 4.00. The third kappa shape index (κ3) is 3.03. The molecule has 8 nitrogen and oxygen atoms in total. The number of nitrogens with one attached hydrogen (secondary N) is 1. The molecule has 8 heteroatoms. The molecule has 0 aliphatic rings. The van der Waals surface area contributed by atoms with Crippen molar-refractivity contribution in [2.24, 2.45) is 7.05 Å². The van der Waals surface area contributed by atoms with Gasteiger partial charge >= 0.3 is 5.69 Å². The lowest BCUT2D eigenvalue weighted by Crippen LogP contribution is -2.04. The van der Waals surface area contributed by atoms with Crippen LogP contribution in [0.1, 0.15) is 18.2 Å². The first-order valence-corrected chi connectivity index (χ1v) is 5.82. The largest absolute Gasteiger partial charge is 0.350 e. The molecule has 2 rings (SSSR count). The van der Waals surface area contributed by atoms with Crippen molar-refractivity contribution < 1.29 is 4.92 Å². The Balaban J connectivity index is 2.03. The third-order valence-electron chi connectivity index (χ3n) is 2.61. The number of anilines is 1. The average molecular weight is 262 g/mol. The van der Waals surface area contributed by atoms with E-state index in [4.69, 9.17) is 0 Å². The lowest BCUT2D eigenvalue weighted by Gasteiger charge is -2.03. The number of nitrogens with zero attached hydrogens (tertiary/aromatic N) is 5. The van der Waals surface area contributed by atoms with Crippen molar-refractivity contribution >= 4 is 11.6 Å². The molecular formula is C11H14N6O2. The van der Waals surface area contributed by atoms with Gasteiger partial charge in [0.05, 0.1) is 10.6 Å². The van der Waals surface area contributed by atoms with Crippen LogP contribution in [0.4, 0.5) is 11.6 Å². The lowest BCUT2D eigenvalue weighted by molar-refractivity contribution is -0.385. The fraction of sp³-hybridized carbons (Fsp3) is 0.364. The van der Waals surface area contributed by atoms with Crippen molar-refractivity contribution in [2.45, 2.75) is 19.9 Å². The third-order valence-corrected chi connectivity index (χ3v) is 2.61. The van der Waals surface area contributed by atoms with Crippen LogP contribution >= 0.6 is 0 Å². The van der Waals surface area contributed by atoms with Crippen molar-refractivity contribution in [3.05, 3.63) is 40.0 Å². The molecule has 0 saturated carbocycles. The normalized spacial score (nSPS) is 10.4. The van der Waals surface area contributed by atoms with Gasteiger partial charge in [-0.3, -0.25) is 14.8 Å². The van der Waals surface area contributed by atoms with Crippen LogP contribution in [0.3, 0.4) is 0 Å². The second kappa shape index (κ2) is 5.42. The summed E-state index contributed by atoms with van der Waals surface area (Å²) in [5.74, 6) is 0.358. The molecular weight excluding hydrogens is 248 g/mol. The van der Waals surface area contributed by atoms with Crippen LogP contribution in [-0.4, -0.2) is 24.7 Å². The molecule has 1 N–H and O–H groups in total. The van der Waals surface area contributed by atoms with Crippen LogP contribution in [-0.2, 0) is 20.0 Å². The Labute approximate surface area is 109 Å². The van der Waals surface area contributed by atoms with Gasteiger partial charge in [0.1, 0.15) is 12.4 Å². The fourth-order valence-corrected chi connectivity index (χ4v) is 1.71. The van der Waals surface area contributed by atoms with Gasteiger partial charge < -0.3 is 5.32 Å². The lowest BCUT2D eigenvalue weighted by atomic mass is 10.2. The Hall–Kier alpha value is -2.51. The van der Waals surface area contributed by atoms with Crippen LogP contribution in [0.5, 0.6) is 0 Å². The van der Waals surface area contributed by atoms with Gasteiger partial charge in [-0.25, -0.2) is 9.97 Å². The summed E-state index contributed by atoms with van der Waals surface area (Å²) >= 11 is 0. The maximum atomic E-state index is 10.5. The molecule has 0 radical (unpaired) electrons. The Kier molecular flexibility index (Phi) is 3.69. The van der Waals surface area contributed by atoms with Crippen LogP contribution in [0, 0.1) is 10.1 Å². The van der Waals surface area contributed by atoms with Gasteiger partial charge in [0, 0.05) is 25.4 Å². The minimum Gasteiger partial charge on any atom is -0.350 e. The molecule has 0 fully saturated rings.